The van der Waals surface area contributed by atoms with Crippen molar-refractivity contribution in [3.8, 4) is 11.3 Å². The fourth-order valence-electron chi connectivity index (χ4n) is 2.06. The van der Waals surface area contributed by atoms with E-state index in [9.17, 15) is 0 Å². The van der Waals surface area contributed by atoms with Gasteiger partial charge in [-0.25, -0.2) is 0 Å². The Labute approximate surface area is 99.1 Å². The molecule has 0 spiro atoms. The molecule has 1 aromatic heterocycles. The Balaban J connectivity index is 2.24. The Bertz CT molecular complexity index is 669. The van der Waals surface area contributed by atoms with Gasteiger partial charge in [-0.1, -0.05) is 30.3 Å². The Kier molecular flexibility index (Phi) is 2.05. The molecular weight excluding hydrogens is 210 g/mol. The summed E-state index contributed by atoms with van der Waals surface area (Å²) in [6.45, 7) is 0. The first-order valence-corrected chi connectivity index (χ1v) is 5.47. The van der Waals surface area contributed by atoms with Gasteiger partial charge in [-0.3, -0.25) is 0 Å². The molecular formula is C14H13N3. The molecule has 0 saturated carbocycles. The average Bonchev–Trinajstić information content (AvgIpc) is 2.74. The molecule has 84 valence electrons. The molecule has 0 unspecified atom stereocenters. The number of rotatable bonds is 1. The Morgan fingerprint density at radius 1 is 0.882 bits per heavy atom. The summed E-state index contributed by atoms with van der Waals surface area (Å²) in [5, 5.41) is 1.01. The van der Waals surface area contributed by atoms with Gasteiger partial charge in [-0.15, -0.1) is 0 Å². The number of benzene rings is 2. The molecule has 5 N–H and O–H groups in total. The highest BCUT2D eigenvalue weighted by atomic mass is 14.7. The lowest BCUT2D eigenvalue weighted by Gasteiger charge is -1.97. The van der Waals surface area contributed by atoms with Crippen molar-refractivity contribution in [2.45, 2.75) is 0 Å². The van der Waals surface area contributed by atoms with Crippen LogP contribution in [0.3, 0.4) is 0 Å². The largest absolute Gasteiger partial charge is 0.399 e. The number of nitrogens with one attached hydrogen (secondary N) is 1. The molecule has 0 fully saturated rings. The number of nitrogen functional groups attached to an aromatic ring is 2. The van der Waals surface area contributed by atoms with Crippen LogP contribution < -0.4 is 11.5 Å². The van der Waals surface area contributed by atoms with Crippen LogP contribution in [0.1, 0.15) is 0 Å². The van der Waals surface area contributed by atoms with E-state index in [-0.39, 0.29) is 0 Å². The van der Waals surface area contributed by atoms with Gasteiger partial charge in [0.05, 0.1) is 0 Å². The fourth-order valence-corrected chi connectivity index (χ4v) is 2.06. The molecule has 3 heteroatoms. The van der Waals surface area contributed by atoms with Gasteiger partial charge in [0.2, 0.25) is 0 Å². The first-order valence-electron chi connectivity index (χ1n) is 5.47. The van der Waals surface area contributed by atoms with Crippen molar-refractivity contribution in [1.29, 1.82) is 0 Å². The quantitative estimate of drug-likeness (QED) is 0.555. The maximum Gasteiger partial charge on any atom is 0.0500 e. The third-order valence-corrected chi connectivity index (χ3v) is 2.88. The molecule has 3 nitrogen and oxygen atoms in total. The minimum absolute atomic E-state index is 0.677. The van der Waals surface area contributed by atoms with Crippen LogP contribution in [-0.4, -0.2) is 4.98 Å². The smallest absolute Gasteiger partial charge is 0.0500 e. The first-order chi connectivity index (χ1) is 8.24. The molecule has 3 aromatic rings. The highest BCUT2D eigenvalue weighted by Crippen LogP contribution is 2.29. The van der Waals surface area contributed by atoms with E-state index in [0.29, 0.717) is 11.4 Å². The Hall–Kier alpha value is -2.42. The van der Waals surface area contributed by atoms with Crippen molar-refractivity contribution in [3.05, 3.63) is 48.5 Å². The van der Waals surface area contributed by atoms with Crippen LogP contribution in [0, 0.1) is 0 Å². The molecule has 0 radical (unpaired) electrons. The van der Waals surface area contributed by atoms with Crippen LogP contribution >= 0.6 is 0 Å². The van der Waals surface area contributed by atoms with Crippen molar-refractivity contribution < 1.29 is 0 Å². The third kappa shape index (κ3) is 1.61. The van der Waals surface area contributed by atoms with E-state index < -0.39 is 0 Å². The van der Waals surface area contributed by atoms with Gasteiger partial charge in [0.1, 0.15) is 0 Å². The zero-order valence-electron chi connectivity index (χ0n) is 9.27. The summed E-state index contributed by atoms with van der Waals surface area (Å²) >= 11 is 0. The lowest BCUT2D eigenvalue weighted by atomic mass is 10.1. The maximum absolute atomic E-state index is 5.95. The number of fused-ring (bicyclic) bond motifs is 1. The van der Waals surface area contributed by atoms with E-state index in [1.807, 2.05) is 24.3 Å². The van der Waals surface area contributed by atoms with Gasteiger partial charge in [0.15, 0.2) is 0 Å². The standard InChI is InChI=1S/C14H13N3/c15-10-6-12(16)11-8-13(17-14(11)7-10)9-4-2-1-3-5-9/h1-8,17H,15-16H2. The van der Waals surface area contributed by atoms with Crippen molar-refractivity contribution in [3.63, 3.8) is 0 Å². The highest BCUT2D eigenvalue weighted by molar-refractivity contribution is 5.97. The molecule has 3 rings (SSSR count). The average molecular weight is 223 g/mol. The van der Waals surface area contributed by atoms with E-state index >= 15 is 0 Å². The summed E-state index contributed by atoms with van der Waals surface area (Å²) in [7, 11) is 0. The number of nitrogens with two attached hydrogens (primary N) is 2. The molecule has 0 saturated heterocycles. The number of hydrogen-bond acceptors (Lipinski definition) is 2. The Morgan fingerprint density at radius 3 is 2.41 bits per heavy atom. The van der Waals surface area contributed by atoms with Crippen molar-refractivity contribution >= 4 is 22.3 Å². The summed E-state index contributed by atoms with van der Waals surface area (Å²) in [5.41, 5.74) is 16.3. The molecule has 0 amide bonds. The fraction of sp³-hybridized carbons (Fsp3) is 0. The van der Waals surface area contributed by atoms with Gasteiger partial charge in [0, 0.05) is 28.0 Å². The number of aromatic nitrogens is 1. The minimum Gasteiger partial charge on any atom is -0.399 e. The zero-order chi connectivity index (χ0) is 11.8. The van der Waals surface area contributed by atoms with Crippen LogP contribution in [0.4, 0.5) is 11.4 Å². The lowest BCUT2D eigenvalue weighted by molar-refractivity contribution is 1.45. The summed E-state index contributed by atoms with van der Waals surface area (Å²) < 4.78 is 0. The molecule has 0 aliphatic rings. The SMILES string of the molecule is Nc1cc(N)c2cc(-c3ccccc3)[nH]c2c1. The predicted molar refractivity (Wildman–Crippen MR) is 72.6 cm³/mol. The second-order valence-corrected chi connectivity index (χ2v) is 4.12. The third-order valence-electron chi connectivity index (χ3n) is 2.88. The molecule has 2 aromatic carbocycles. The zero-order valence-corrected chi connectivity index (χ0v) is 9.27. The monoisotopic (exact) mass is 223 g/mol. The predicted octanol–water partition coefficient (Wildman–Crippen LogP) is 3.00. The molecule has 0 atom stereocenters. The van der Waals surface area contributed by atoms with Crippen molar-refractivity contribution in [1.82, 2.24) is 4.98 Å². The number of anilines is 2. The normalized spacial score (nSPS) is 10.8. The Morgan fingerprint density at radius 2 is 1.65 bits per heavy atom. The van der Waals surface area contributed by atoms with E-state index in [2.05, 4.69) is 23.2 Å². The van der Waals surface area contributed by atoms with E-state index in [0.717, 1.165) is 22.2 Å². The topological polar surface area (TPSA) is 67.8 Å². The van der Waals surface area contributed by atoms with E-state index in [1.54, 1.807) is 6.07 Å². The number of aromatic amines is 1. The van der Waals surface area contributed by atoms with Gasteiger partial charge in [-0.2, -0.15) is 0 Å². The van der Waals surface area contributed by atoms with Gasteiger partial charge < -0.3 is 16.5 Å². The van der Waals surface area contributed by atoms with Gasteiger partial charge in [-0.05, 0) is 23.8 Å². The van der Waals surface area contributed by atoms with Crippen LogP contribution in [0.5, 0.6) is 0 Å². The second-order valence-electron chi connectivity index (χ2n) is 4.12. The van der Waals surface area contributed by atoms with Gasteiger partial charge in [0.25, 0.3) is 0 Å². The number of hydrogen-bond donors (Lipinski definition) is 3. The van der Waals surface area contributed by atoms with Crippen LogP contribution in [0.15, 0.2) is 48.5 Å². The van der Waals surface area contributed by atoms with Crippen molar-refractivity contribution in [2.75, 3.05) is 11.5 Å². The number of H-pyrrole nitrogens is 1. The summed E-state index contributed by atoms with van der Waals surface area (Å²) in [6, 6.07) is 15.9. The molecule has 17 heavy (non-hydrogen) atoms. The van der Waals surface area contributed by atoms with Crippen molar-refractivity contribution in [2.24, 2.45) is 0 Å². The van der Waals surface area contributed by atoms with E-state index in [4.69, 9.17) is 11.5 Å². The van der Waals surface area contributed by atoms with E-state index in [1.165, 1.54) is 0 Å². The van der Waals surface area contributed by atoms with Gasteiger partial charge >= 0.3 is 0 Å². The molecule has 1 heterocycles. The van der Waals surface area contributed by atoms with Crippen LogP contribution in [0.2, 0.25) is 0 Å². The first kappa shape index (κ1) is 9.78. The molecule has 0 bridgehead atoms. The molecule has 0 aliphatic heterocycles. The minimum atomic E-state index is 0.677. The van der Waals surface area contributed by atoms with Crippen LogP contribution in [0.25, 0.3) is 22.2 Å². The maximum atomic E-state index is 5.95. The highest BCUT2D eigenvalue weighted by Gasteiger charge is 2.06. The summed E-state index contributed by atoms with van der Waals surface area (Å²) in [4.78, 5) is 3.33. The van der Waals surface area contributed by atoms with Crippen LogP contribution in [-0.2, 0) is 0 Å². The molecule has 0 aliphatic carbocycles. The second kappa shape index (κ2) is 3.56. The summed E-state index contributed by atoms with van der Waals surface area (Å²) in [5.74, 6) is 0. The summed E-state index contributed by atoms with van der Waals surface area (Å²) in [6.07, 6.45) is 0. The lowest BCUT2D eigenvalue weighted by Crippen LogP contribution is -1.89.